The minimum atomic E-state index is 0.279. The third-order valence-electron chi connectivity index (χ3n) is 7.03. The molecular weight excluding hydrogens is 244 g/mol. The van der Waals surface area contributed by atoms with Crippen LogP contribution in [0, 0.1) is 29.6 Å². The third kappa shape index (κ3) is 1.71. The SMILES string of the molecule is CC1=C(C)C2C(=CC1=O)CCC1C3CCCC3CCC21. The van der Waals surface area contributed by atoms with Crippen LogP contribution >= 0.6 is 0 Å². The molecule has 0 spiro atoms. The molecule has 0 aromatic heterocycles. The van der Waals surface area contributed by atoms with E-state index in [9.17, 15) is 4.79 Å². The van der Waals surface area contributed by atoms with Crippen LogP contribution in [0.1, 0.15) is 58.8 Å². The highest BCUT2D eigenvalue weighted by Gasteiger charge is 2.48. The molecule has 0 aromatic rings. The smallest absolute Gasteiger partial charge is 0.181 e. The number of allylic oxidation sites excluding steroid dienone is 4. The van der Waals surface area contributed by atoms with E-state index < -0.39 is 0 Å². The fourth-order valence-corrected chi connectivity index (χ4v) is 6.00. The van der Waals surface area contributed by atoms with Crippen LogP contribution in [0.15, 0.2) is 22.8 Å². The summed E-state index contributed by atoms with van der Waals surface area (Å²) < 4.78 is 0. The van der Waals surface area contributed by atoms with Crippen molar-refractivity contribution >= 4 is 5.78 Å². The topological polar surface area (TPSA) is 17.1 Å². The van der Waals surface area contributed by atoms with Crippen LogP contribution in [0.5, 0.6) is 0 Å². The summed E-state index contributed by atoms with van der Waals surface area (Å²) in [4.78, 5) is 12.1. The van der Waals surface area contributed by atoms with Gasteiger partial charge in [-0.05, 0) is 81.3 Å². The number of fused-ring (bicyclic) bond motifs is 5. The van der Waals surface area contributed by atoms with Crippen LogP contribution in [0.25, 0.3) is 0 Å². The molecule has 0 bridgehead atoms. The van der Waals surface area contributed by atoms with E-state index in [1.807, 2.05) is 13.0 Å². The Morgan fingerprint density at radius 2 is 1.80 bits per heavy atom. The molecule has 0 aromatic carbocycles. The lowest BCUT2D eigenvalue weighted by Crippen LogP contribution is -2.41. The van der Waals surface area contributed by atoms with Gasteiger partial charge in [-0.15, -0.1) is 0 Å². The maximum absolute atomic E-state index is 12.1. The van der Waals surface area contributed by atoms with Crippen LogP contribution < -0.4 is 0 Å². The van der Waals surface area contributed by atoms with Gasteiger partial charge in [0.15, 0.2) is 5.78 Å². The van der Waals surface area contributed by atoms with E-state index in [2.05, 4.69) is 6.92 Å². The number of rotatable bonds is 0. The lowest BCUT2D eigenvalue weighted by Gasteiger charge is -2.49. The van der Waals surface area contributed by atoms with Crippen LogP contribution in [-0.2, 0) is 4.79 Å². The minimum absolute atomic E-state index is 0.279. The molecule has 5 unspecified atom stereocenters. The Labute approximate surface area is 122 Å². The summed E-state index contributed by atoms with van der Waals surface area (Å²) in [6, 6.07) is 0. The Hall–Kier alpha value is -0.850. The van der Waals surface area contributed by atoms with Gasteiger partial charge >= 0.3 is 0 Å². The summed E-state index contributed by atoms with van der Waals surface area (Å²) in [5.41, 5.74) is 3.90. The molecule has 4 aliphatic carbocycles. The van der Waals surface area contributed by atoms with Crippen molar-refractivity contribution < 1.29 is 4.79 Å². The average Bonchev–Trinajstić information content (AvgIpc) is 2.92. The number of ketones is 1. The summed E-state index contributed by atoms with van der Waals surface area (Å²) in [5, 5.41) is 0. The van der Waals surface area contributed by atoms with Crippen molar-refractivity contribution in [1.29, 1.82) is 0 Å². The van der Waals surface area contributed by atoms with Crippen molar-refractivity contribution in [2.45, 2.75) is 58.8 Å². The molecule has 3 saturated carbocycles. The quantitative estimate of drug-likeness (QED) is 0.624. The van der Waals surface area contributed by atoms with Crippen LogP contribution in [-0.4, -0.2) is 5.78 Å². The zero-order chi connectivity index (χ0) is 13.9. The zero-order valence-corrected chi connectivity index (χ0v) is 12.8. The van der Waals surface area contributed by atoms with Gasteiger partial charge in [0.05, 0.1) is 0 Å². The summed E-state index contributed by atoms with van der Waals surface area (Å²) in [5.74, 6) is 4.75. The molecule has 5 atom stereocenters. The molecule has 3 fully saturated rings. The Morgan fingerprint density at radius 3 is 2.65 bits per heavy atom. The minimum Gasteiger partial charge on any atom is -0.290 e. The highest BCUT2D eigenvalue weighted by Crippen LogP contribution is 2.57. The standard InChI is InChI=1S/C19H26O/c1-11-12(2)19-14(10-18(11)20)7-8-16-15-5-3-4-13(15)6-9-17(16)19/h10,13,15-17,19H,3-9H2,1-2H3. The van der Waals surface area contributed by atoms with Crippen LogP contribution in [0.4, 0.5) is 0 Å². The van der Waals surface area contributed by atoms with E-state index in [-0.39, 0.29) is 5.78 Å². The van der Waals surface area contributed by atoms with E-state index in [0.29, 0.717) is 5.92 Å². The molecule has 4 aliphatic rings. The second-order valence-corrected chi connectivity index (χ2v) is 7.67. The summed E-state index contributed by atoms with van der Waals surface area (Å²) in [6.45, 7) is 4.27. The zero-order valence-electron chi connectivity index (χ0n) is 12.8. The molecule has 0 heterocycles. The van der Waals surface area contributed by atoms with Gasteiger partial charge in [0.25, 0.3) is 0 Å². The monoisotopic (exact) mass is 270 g/mol. The van der Waals surface area contributed by atoms with E-state index in [1.54, 1.807) is 0 Å². The Balaban J connectivity index is 1.69. The molecule has 0 N–H and O–H groups in total. The summed E-state index contributed by atoms with van der Waals surface area (Å²) in [7, 11) is 0. The van der Waals surface area contributed by atoms with Gasteiger partial charge in [-0.3, -0.25) is 4.79 Å². The Kier molecular flexibility index (Phi) is 2.94. The average molecular weight is 270 g/mol. The molecule has 108 valence electrons. The third-order valence-corrected chi connectivity index (χ3v) is 7.03. The largest absolute Gasteiger partial charge is 0.290 e. The first-order valence-corrected chi connectivity index (χ1v) is 8.59. The van der Waals surface area contributed by atoms with E-state index in [1.165, 1.54) is 56.1 Å². The summed E-state index contributed by atoms with van der Waals surface area (Å²) >= 11 is 0. The fraction of sp³-hybridized carbons (Fsp3) is 0.737. The molecule has 4 rings (SSSR count). The molecule has 0 radical (unpaired) electrons. The molecule has 20 heavy (non-hydrogen) atoms. The van der Waals surface area contributed by atoms with Crippen molar-refractivity contribution in [3.63, 3.8) is 0 Å². The lowest BCUT2D eigenvalue weighted by atomic mass is 9.55. The van der Waals surface area contributed by atoms with Crippen molar-refractivity contribution in [3.8, 4) is 0 Å². The maximum atomic E-state index is 12.1. The second-order valence-electron chi connectivity index (χ2n) is 7.67. The number of carbonyl (C=O) groups excluding carboxylic acids is 1. The summed E-state index contributed by atoms with van der Waals surface area (Å²) in [6.07, 6.45) is 11.8. The van der Waals surface area contributed by atoms with Gasteiger partial charge in [-0.2, -0.15) is 0 Å². The lowest BCUT2D eigenvalue weighted by molar-refractivity contribution is -0.111. The second kappa shape index (κ2) is 4.58. The highest BCUT2D eigenvalue weighted by atomic mass is 16.1. The number of hydrogen-bond donors (Lipinski definition) is 0. The van der Waals surface area contributed by atoms with Gasteiger partial charge in [0, 0.05) is 5.92 Å². The molecule has 1 nitrogen and oxygen atoms in total. The Bertz CT molecular complexity index is 510. The van der Waals surface area contributed by atoms with Gasteiger partial charge in [0.1, 0.15) is 0 Å². The normalized spacial score (nSPS) is 43.8. The van der Waals surface area contributed by atoms with Crippen molar-refractivity contribution in [2.75, 3.05) is 0 Å². The molecular formula is C19H26O. The van der Waals surface area contributed by atoms with Gasteiger partial charge in [0.2, 0.25) is 0 Å². The van der Waals surface area contributed by atoms with E-state index in [0.717, 1.165) is 29.2 Å². The first-order chi connectivity index (χ1) is 9.66. The van der Waals surface area contributed by atoms with Crippen molar-refractivity contribution in [1.82, 2.24) is 0 Å². The van der Waals surface area contributed by atoms with Crippen LogP contribution in [0.2, 0.25) is 0 Å². The van der Waals surface area contributed by atoms with Gasteiger partial charge in [-0.25, -0.2) is 0 Å². The fourth-order valence-electron chi connectivity index (χ4n) is 6.00. The van der Waals surface area contributed by atoms with Gasteiger partial charge in [-0.1, -0.05) is 24.0 Å². The predicted octanol–water partition coefficient (Wildman–Crippen LogP) is 4.68. The van der Waals surface area contributed by atoms with E-state index >= 15 is 0 Å². The van der Waals surface area contributed by atoms with Crippen LogP contribution in [0.3, 0.4) is 0 Å². The number of carbonyl (C=O) groups is 1. The van der Waals surface area contributed by atoms with Gasteiger partial charge < -0.3 is 0 Å². The van der Waals surface area contributed by atoms with Crippen molar-refractivity contribution in [3.05, 3.63) is 22.8 Å². The predicted molar refractivity (Wildman–Crippen MR) is 81.2 cm³/mol. The maximum Gasteiger partial charge on any atom is 0.181 e. The molecule has 0 aliphatic heterocycles. The first-order valence-electron chi connectivity index (χ1n) is 8.59. The van der Waals surface area contributed by atoms with Crippen molar-refractivity contribution in [2.24, 2.45) is 29.6 Å². The Morgan fingerprint density at radius 1 is 0.950 bits per heavy atom. The number of hydrogen-bond acceptors (Lipinski definition) is 1. The molecule has 0 amide bonds. The molecule has 1 heteroatoms. The highest BCUT2D eigenvalue weighted by molar-refractivity contribution is 6.05. The first kappa shape index (κ1) is 12.9. The molecule has 0 saturated heterocycles. The van der Waals surface area contributed by atoms with E-state index in [4.69, 9.17) is 0 Å².